The van der Waals surface area contributed by atoms with Gasteiger partial charge in [-0.3, -0.25) is 24.6 Å². The molecule has 4 aliphatic rings. The number of carbonyl (C=O) groups is 1. The molecule has 194 valence electrons. The van der Waals surface area contributed by atoms with E-state index in [9.17, 15) is 4.79 Å². The van der Waals surface area contributed by atoms with E-state index in [-0.39, 0.29) is 12.1 Å². The van der Waals surface area contributed by atoms with Crippen LogP contribution < -0.4 is 21.1 Å². The summed E-state index contributed by atoms with van der Waals surface area (Å²) >= 11 is 0. The number of aromatic nitrogens is 3. The van der Waals surface area contributed by atoms with Crippen LogP contribution in [0, 0.1) is 5.92 Å². The quantitative estimate of drug-likeness (QED) is 0.548. The van der Waals surface area contributed by atoms with Gasteiger partial charge in [-0.25, -0.2) is 5.43 Å². The second kappa shape index (κ2) is 10.5. The molecule has 3 aliphatic heterocycles. The third kappa shape index (κ3) is 4.88. The van der Waals surface area contributed by atoms with Gasteiger partial charge in [0.05, 0.1) is 6.17 Å². The Morgan fingerprint density at radius 2 is 1.89 bits per heavy atom. The van der Waals surface area contributed by atoms with Crippen LogP contribution in [0.2, 0.25) is 0 Å². The molecule has 9 heteroatoms. The fourth-order valence-electron chi connectivity index (χ4n) is 6.76. The summed E-state index contributed by atoms with van der Waals surface area (Å²) in [7, 11) is 0. The maximum Gasteiger partial charge on any atom is 0.243 e. The van der Waals surface area contributed by atoms with Crippen LogP contribution in [0.1, 0.15) is 75.7 Å². The number of amides is 1. The number of carbonyl (C=O) groups excluding carboxylic acids is 1. The predicted molar refractivity (Wildman–Crippen MR) is 139 cm³/mol. The van der Waals surface area contributed by atoms with Gasteiger partial charge in [0.15, 0.2) is 0 Å². The Kier molecular flexibility index (Phi) is 6.95. The Labute approximate surface area is 214 Å². The largest absolute Gasteiger partial charge is 0.353 e. The molecule has 4 heterocycles. The lowest BCUT2D eigenvalue weighted by Crippen LogP contribution is -2.53. The molecule has 2 saturated heterocycles. The summed E-state index contributed by atoms with van der Waals surface area (Å²) in [5.74, 6) is 2.70. The van der Waals surface area contributed by atoms with Crippen molar-refractivity contribution >= 4 is 11.9 Å². The van der Waals surface area contributed by atoms with Gasteiger partial charge in [0.2, 0.25) is 11.9 Å². The molecule has 0 radical (unpaired) electrons. The average Bonchev–Trinajstić information content (AvgIpc) is 3.50. The van der Waals surface area contributed by atoms with Crippen molar-refractivity contribution < 1.29 is 4.79 Å². The van der Waals surface area contributed by atoms with Crippen LogP contribution in [0.25, 0.3) is 0 Å². The third-order valence-electron chi connectivity index (χ3n) is 8.52. The summed E-state index contributed by atoms with van der Waals surface area (Å²) in [6.45, 7) is 5.22. The Morgan fingerprint density at radius 3 is 2.72 bits per heavy atom. The van der Waals surface area contributed by atoms with E-state index >= 15 is 0 Å². The van der Waals surface area contributed by atoms with Gasteiger partial charge in [-0.05, 0) is 44.6 Å². The lowest BCUT2D eigenvalue weighted by Gasteiger charge is -2.44. The molecular weight excluding hydrogens is 452 g/mol. The van der Waals surface area contributed by atoms with Gasteiger partial charge in [0.25, 0.3) is 0 Å². The van der Waals surface area contributed by atoms with Gasteiger partial charge in [-0.15, -0.1) is 10.2 Å². The van der Waals surface area contributed by atoms with E-state index in [1.807, 2.05) is 0 Å². The lowest BCUT2D eigenvalue weighted by molar-refractivity contribution is -0.122. The van der Waals surface area contributed by atoms with Crippen LogP contribution >= 0.6 is 0 Å². The number of hydrogen-bond acceptors (Lipinski definition) is 7. The van der Waals surface area contributed by atoms with Crippen LogP contribution in [0.5, 0.6) is 0 Å². The average molecular weight is 493 g/mol. The molecule has 1 saturated carbocycles. The molecule has 0 spiro atoms. The molecule has 36 heavy (non-hydrogen) atoms. The highest BCUT2D eigenvalue weighted by Gasteiger charge is 2.47. The molecule has 9 nitrogen and oxygen atoms in total. The van der Waals surface area contributed by atoms with Gasteiger partial charge in [0, 0.05) is 50.5 Å². The minimum absolute atomic E-state index is 0.171. The highest BCUT2D eigenvalue weighted by Crippen LogP contribution is 2.44. The lowest BCUT2D eigenvalue weighted by atomic mass is 9.81. The molecule has 1 aromatic carbocycles. The molecule has 1 aliphatic carbocycles. The van der Waals surface area contributed by atoms with Crippen LogP contribution in [0.4, 0.5) is 5.95 Å². The van der Waals surface area contributed by atoms with Crippen molar-refractivity contribution in [1.82, 2.24) is 35.7 Å². The summed E-state index contributed by atoms with van der Waals surface area (Å²) in [6, 6.07) is 11.4. The second-order valence-electron chi connectivity index (χ2n) is 11.1. The molecule has 1 aromatic heterocycles. The molecule has 3 fully saturated rings. The number of hydrazine groups is 1. The normalized spacial score (nSPS) is 28.4. The number of piperidine rings is 1. The number of rotatable bonds is 7. The molecule has 0 bridgehead atoms. The minimum atomic E-state index is 0.171. The minimum Gasteiger partial charge on any atom is -0.353 e. The number of aryl methyl sites for hydroxylation is 1. The van der Waals surface area contributed by atoms with E-state index < -0.39 is 0 Å². The molecule has 3 N–H and O–H groups in total. The summed E-state index contributed by atoms with van der Waals surface area (Å²) in [5, 5.41) is 18.4. The van der Waals surface area contributed by atoms with Crippen molar-refractivity contribution in [2.24, 2.45) is 5.92 Å². The zero-order valence-electron chi connectivity index (χ0n) is 21.4. The van der Waals surface area contributed by atoms with Crippen molar-refractivity contribution in [3.05, 3.63) is 41.7 Å². The van der Waals surface area contributed by atoms with Crippen LogP contribution in [-0.2, 0) is 17.8 Å². The molecule has 6 rings (SSSR count). The zero-order valence-corrected chi connectivity index (χ0v) is 21.4. The van der Waals surface area contributed by atoms with Crippen LogP contribution in [-0.4, -0.2) is 57.0 Å². The zero-order chi connectivity index (χ0) is 24.5. The smallest absolute Gasteiger partial charge is 0.243 e. The topological polar surface area (TPSA) is 90.4 Å². The number of anilines is 1. The van der Waals surface area contributed by atoms with E-state index in [0.29, 0.717) is 30.6 Å². The SMILES string of the molecule is CC1NC2C3CCCCC3n3c(CCCC(=O)NC4CCN(Cc5ccccc5)CC4)nnc3N2N1. The van der Waals surface area contributed by atoms with Crippen molar-refractivity contribution in [2.45, 2.75) is 95.7 Å². The Balaban J connectivity index is 0.995. The van der Waals surface area contributed by atoms with Crippen molar-refractivity contribution in [1.29, 1.82) is 0 Å². The van der Waals surface area contributed by atoms with Crippen LogP contribution in [0.15, 0.2) is 30.3 Å². The maximum absolute atomic E-state index is 12.7. The second-order valence-corrected chi connectivity index (χ2v) is 11.1. The number of nitrogens with zero attached hydrogens (tertiary/aromatic N) is 5. The molecular formula is C27H40N8O. The van der Waals surface area contributed by atoms with Crippen molar-refractivity contribution in [2.75, 3.05) is 18.1 Å². The Hall–Kier alpha value is -2.49. The Bertz CT molecular complexity index is 1030. The number of benzene rings is 1. The van der Waals surface area contributed by atoms with Gasteiger partial charge in [0.1, 0.15) is 12.0 Å². The first-order valence-electron chi connectivity index (χ1n) is 14.0. The summed E-state index contributed by atoms with van der Waals surface area (Å²) < 4.78 is 2.38. The van der Waals surface area contributed by atoms with Crippen LogP contribution in [0.3, 0.4) is 0 Å². The number of fused-ring (bicyclic) bond motifs is 6. The van der Waals surface area contributed by atoms with E-state index in [4.69, 9.17) is 0 Å². The van der Waals surface area contributed by atoms with Gasteiger partial charge in [-0.1, -0.05) is 43.2 Å². The maximum atomic E-state index is 12.7. The van der Waals surface area contributed by atoms with E-state index in [1.54, 1.807) is 0 Å². The van der Waals surface area contributed by atoms with Gasteiger partial charge in [-0.2, -0.15) is 0 Å². The predicted octanol–water partition coefficient (Wildman–Crippen LogP) is 2.71. The van der Waals surface area contributed by atoms with Gasteiger partial charge < -0.3 is 5.32 Å². The van der Waals surface area contributed by atoms with E-state index in [2.05, 4.69) is 78.0 Å². The highest BCUT2D eigenvalue weighted by atomic mass is 16.1. The summed E-state index contributed by atoms with van der Waals surface area (Å²) in [4.78, 5) is 15.2. The van der Waals surface area contributed by atoms with Crippen molar-refractivity contribution in [3.8, 4) is 0 Å². The fraction of sp³-hybridized carbons (Fsp3) is 0.667. The number of hydrogen-bond donors (Lipinski definition) is 3. The summed E-state index contributed by atoms with van der Waals surface area (Å²) in [5.41, 5.74) is 4.88. The first kappa shape index (κ1) is 23.9. The standard InChI is InChI=1S/C27H40N8O/c1-19-28-26-22-10-5-6-11-23(22)34-24(30-31-27(34)35(26)32-19)12-7-13-25(36)29-21-14-16-33(17-15-21)18-20-8-3-2-4-9-20/h2-4,8-9,19,21-23,26,28,32H,5-7,10-18H2,1H3,(H,29,36). The molecule has 4 unspecified atom stereocenters. The Morgan fingerprint density at radius 1 is 1.08 bits per heavy atom. The molecule has 2 aromatic rings. The highest BCUT2D eigenvalue weighted by molar-refractivity contribution is 5.76. The fourth-order valence-corrected chi connectivity index (χ4v) is 6.76. The van der Waals surface area contributed by atoms with Gasteiger partial charge >= 0.3 is 0 Å². The first-order valence-corrected chi connectivity index (χ1v) is 14.0. The van der Waals surface area contributed by atoms with Crippen molar-refractivity contribution in [3.63, 3.8) is 0 Å². The van der Waals surface area contributed by atoms with E-state index in [1.165, 1.54) is 31.2 Å². The monoisotopic (exact) mass is 492 g/mol. The number of likely N-dealkylation sites (tertiary alicyclic amines) is 1. The number of nitrogens with one attached hydrogen (secondary N) is 3. The van der Waals surface area contributed by atoms with E-state index in [0.717, 1.165) is 57.1 Å². The molecule has 4 atom stereocenters. The molecule has 1 amide bonds. The third-order valence-corrected chi connectivity index (χ3v) is 8.52. The first-order chi connectivity index (χ1) is 17.7. The summed E-state index contributed by atoms with van der Waals surface area (Å²) in [6.07, 6.45) is 9.69.